The van der Waals surface area contributed by atoms with Crippen LogP contribution in [0.3, 0.4) is 0 Å². The highest BCUT2D eigenvalue weighted by Gasteiger charge is 2.10. The van der Waals surface area contributed by atoms with Gasteiger partial charge in [-0.3, -0.25) is 4.79 Å². The number of amides is 1. The number of nitrogens with zero attached hydrogens (tertiary/aromatic N) is 2. The number of nitriles is 1. The van der Waals surface area contributed by atoms with Crippen LogP contribution in [0.5, 0.6) is 0 Å². The first kappa shape index (κ1) is 13.2. The summed E-state index contributed by atoms with van der Waals surface area (Å²) in [4.78, 5) is 15.7. The second-order valence-corrected chi connectivity index (χ2v) is 4.48. The molecule has 0 atom stereocenters. The van der Waals surface area contributed by atoms with Crippen molar-refractivity contribution in [1.29, 1.82) is 5.26 Å². The highest BCUT2D eigenvalue weighted by molar-refractivity contribution is 9.10. The van der Waals surface area contributed by atoms with Gasteiger partial charge in [-0.2, -0.15) is 5.26 Å². The van der Waals surface area contributed by atoms with Crippen molar-refractivity contribution in [3.05, 3.63) is 58.1 Å². The quantitative estimate of drug-likeness (QED) is 0.924. The molecular formula is C13H7BrFN3O. The molecule has 0 unspecified atom stereocenters. The number of carbonyl (C=O) groups excluding carboxylic acids is 1. The van der Waals surface area contributed by atoms with E-state index in [0.717, 1.165) is 0 Å². The van der Waals surface area contributed by atoms with E-state index >= 15 is 0 Å². The number of anilines is 1. The third-order valence-corrected chi connectivity index (χ3v) is 2.99. The molecule has 4 nitrogen and oxygen atoms in total. The van der Waals surface area contributed by atoms with Gasteiger partial charge in [0.2, 0.25) is 0 Å². The molecule has 1 aromatic carbocycles. The van der Waals surface area contributed by atoms with Crippen LogP contribution in [-0.4, -0.2) is 10.9 Å². The van der Waals surface area contributed by atoms with E-state index in [9.17, 15) is 9.18 Å². The number of pyridine rings is 1. The lowest BCUT2D eigenvalue weighted by atomic mass is 10.2. The molecule has 2 aromatic rings. The van der Waals surface area contributed by atoms with Crippen molar-refractivity contribution in [3.63, 3.8) is 0 Å². The predicted octanol–water partition coefficient (Wildman–Crippen LogP) is 3.11. The van der Waals surface area contributed by atoms with E-state index in [1.54, 1.807) is 0 Å². The summed E-state index contributed by atoms with van der Waals surface area (Å²) in [5.74, 6) is -0.929. The molecule has 0 saturated carbocycles. The van der Waals surface area contributed by atoms with Crippen LogP contribution in [0.15, 0.2) is 41.0 Å². The molecule has 0 aliphatic heterocycles. The molecule has 0 fully saturated rings. The highest BCUT2D eigenvalue weighted by atomic mass is 79.9. The SMILES string of the molecule is N#Cc1ccc(C(=O)Nc2cc(F)ccc2Br)nc1. The summed E-state index contributed by atoms with van der Waals surface area (Å²) >= 11 is 3.21. The molecule has 1 N–H and O–H groups in total. The Morgan fingerprint density at radius 3 is 2.79 bits per heavy atom. The smallest absolute Gasteiger partial charge is 0.274 e. The zero-order chi connectivity index (χ0) is 13.8. The lowest BCUT2D eigenvalue weighted by Crippen LogP contribution is -2.14. The Bertz CT molecular complexity index is 665. The number of hydrogen-bond acceptors (Lipinski definition) is 3. The summed E-state index contributed by atoms with van der Waals surface area (Å²) in [6.45, 7) is 0. The average Bonchev–Trinajstić information content (AvgIpc) is 2.43. The van der Waals surface area contributed by atoms with E-state index in [-0.39, 0.29) is 5.69 Å². The predicted molar refractivity (Wildman–Crippen MR) is 71.0 cm³/mol. The van der Waals surface area contributed by atoms with Crippen molar-refractivity contribution < 1.29 is 9.18 Å². The lowest BCUT2D eigenvalue weighted by Gasteiger charge is -2.06. The summed E-state index contributed by atoms with van der Waals surface area (Å²) in [7, 11) is 0. The first-order valence-electron chi connectivity index (χ1n) is 5.22. The maximum Gasteiger partial charge on any atom is 0.274 e. The maximum atomic E-state index is 13.1. The summed E-state index contributed by atoms with van der Waals surface area (Å²) in [5, 5.41) is 11.2. The molecule has 0 aliphatic carbocycles. The van der Waals surface area contributed by atoms with Gasteiger partial charge in [0.25, 0.3) is 5.91 Å². The minimum Gasteiger partial charge on any atom is -0.320 e. The Kier molecular flexibility index (Phi) is 3.88. The molecule has 2 rings (SSSR count). The zero-order valence-corrected chi connectivity index (χ0v) is 11.1. The van der Waals surface area contributed by atoms with Crippen LogP contribution in [0.1, 0.15) is 16.1 Å². The second-order valence-electron chi connectivity index (χ2n) is 3.62. The topological polar surface area (TPSA) is 65.8 Å². The zero-order valence-electron chi connectivity index (χ0n) is 9.52. The van der Waals surface area contributed by atoms with E-state index in [1.807, 2.05) is 6.07 Å². The van der Waals surface area contributed by atoms with Gasteiger partial charge in [-0.1, -0.05) is 0 Å². The van der Waals surface area contributed by atoms with Gasteiger partial charge >= 0.3 is 0 Å². The number of aromatic nitrogens is 1. The molecule has 19 heavy (non-hydrogen) atoms. The molecule has 6 heteroatoms. The first-order chi connectivity index (χ1) is 9.10. The van der Waals surface area contributed by atoms with Crippen molar-refractivity contribution in [2.24, 2.45) is 0 Å². The van der Waals surface area contributed by atoms with E-state index in [0.29, 0.717) is 15.7 Å². The van der Waals surface area contributed by atoms with E-state index < -0.39 is 11.7 Å². The van der Waals surface area contributed by atoms with Crippen LogP contribution >= 0.6 is 15.9 Å². The van der Waals surface area contributed by atoms with Crippen molar-refractivity contribution in [3.8, 4) is 6.07 Å². The number of hydrogen-bond donors (Lipinski definition) is 1. The summed E-state index contributed by atoms with van der Waals surface area (Å²) in [6, 6.07) is 8.80. The van der Waals surface area contributed by atoms with Gasteiger partial charge in [-0.25, -0.2) is 9.37 Å². The Hall–Kier alpha value is -2.26. The van der Waals surface area contributed by atoms with Crippen LogP contribution in [0.4, 0.5) is 10.1 Å². The molecular weight excluding hydrogens is 313 g/mol. The van der Waals surface area contributed by atoms with Crippen molar-refractivity contribution in [1.82, 2.24) is 4.98 Å². The molecule has 0 spiro atoms. The van der Waals surface area contributed by atoms with Gasteiger partial charge in [-0.05, 0) is 46.3 Å². The minimum atomic E-state index is -0.476. The molecule has 0 bridgehead atoms. The number of nitrogens with one attached hydrogen (secondary N) is 1. The molecule has 1 heterocycles. The fraction of sp³-hybridized carbons (Fsp3) is 0. The van der Waals surface area contributed by atoms with Crippen molar-refractivity contribution >= 4 is 27.5 Å². The number of rotatable bonds is 2. The molecule has 94 valence electrons. The Morgan fingerprint density at radius 1 is 1.37 bits per heavy atom. The molecule has 1 aromatic heterocycles. The number of halogens is 2. The van der Waals surface area contributed by atoms with Gasteiger partial charge in [0.1, 0.15) is 17.6 Å². The van der Waals surface area contributed by atoms with Gasteiger partial charge in [0.05, 0.1) is 11.3 Å². The van der Waals surface area contributed by atoms with Crippen molar-refractivity contribution in [2.45, 2.75) is 0 Å². The number of carbonyl (C=O) groups is 1. The normalized spacial score (nSPS) is 9.74. The van der Waals surface area contributed by atoms with E-state index in [1.165, 1.54) is 36.5 Å². The third-order valence-electron chi connectivity index (χ3n) is 2.30. The first-order valence-corrected chi connectivity index (χ1v) is 6.02. The van der Waals surface area contributed by atoms with Gasteiger partial charge in [0, 0.05) is 10.7 Å². The summed E-state index contributed by atoms with van der Waals surface area (Å²) in [5.41, 5.74) is 0.829. The van der Waals surface area contributed by atoms with Gasteiger partial charge < -0.3 is 5.32 Å². The monoisotopic (exact) mass is 319 g/mol. The summed E-state index contributed by atoms with van der Waals surface area (Å²) in [6.07, 6.45) is 1.30. The Labute approximate surface area is 117 Å². The van der Waals surface area contributed by atoms with Crippen LogP contribution in [-0.2, 0) is 0 Å². The van der Waals surface area contributed by atoms with Gasteiger partial charge in [-0.15, -0.1) is 0 Å². The van der Waals surface area contributed by atoms with Crippen LogP contribution in [0.2, 0.25) is 0 Å². The lowest BCUT2D eigenvalue weighted by molar-refractivity contribution is 0.102. The fourth-order valence-corrected chi connectivity index (χ4v) is 1.72. The average molecular weight is 320 g/mol. The largest absolute Gasteiger partial charge is 0.320 e. The fourth-order valence-electron chi connectivity index (χ4n) is 1.37. The molecule has 0 radical (unpaired) electrons. The van der Waals surface area contributed by atoms with Crippen LogP contribution in [0.25, 0.3) is 0 Å². The molecule has 0 aliphatic rings. The summed E-state index contributed by atoms with van der Waals surface area (Å²) < 4.78 is 13.6. The van der Waals surface area contributed by atoms with E-state index in [4.69, 9.17) is 5.26 Å². The second kappa shape index (κ2) is 5.59. The Morgan fingerprint density at radius 2 is 2.16 bits per heavy atom. The van der Waals surface area contributed by atoms with Crippen LogP contribution in [0, 0.1) is 17.1 Å². The van der Waals surface area contributed by atoms with Gasteiger partial charge in [0.15, 0.2) is 0 Å². The standard InChI is InChI=1S/C13H7BrFN3O/c14-10-3-2-9(15)5-12(10)18-13(19)11-4-1-8(6-16)7-17-11/h1-5,7H,(H,18,19). The molecule has 0 saturated heterocycles. The number of benzene rings is 1. The maximum absolute atomic E-state index is 13.1. The van der Waals surface area contributed by atoms with Crippen LogP contribution < -0.4 is 5.32 Å². The molecule has 1 amide bonds. The minimum absolute atomic E-state index is 0.148. The highest BCUT2D eigenvalue weighted by Crippen LogP contribution is 2.23. The third kappa shape index (κ3) is 3.14. The Balaban J connectivity index is 2.21. The van der Waals surface area contributed by atoms with Crippen molar-refractivity contribution in [2.75, 3.05) is 5.32 Å². The van der Waals surface area contributed by atoms with E-state index in [2.05, 4.69) is 26.2 Å².